The lowest BCUT2D eigenvalue weighted by atomic mass is 10.1. The van der Waals surface area contributed by atoms with Crippen molar-refractivity contribution >= 4 is 21.9 Å². The van der Waals surface area contributed by atoms with Crippen molar-refractivity contribution in [3.63, 3.8) is 0 Å². The molecule has 0 amide bonds. The molecule has 1 aromatic heterocycles. The van der Waals surface area contributed by atoms with E-state index in [-0.39, 0.29) is 5.56 Å². The van der Waals surface area contributed by atoms with Crippen LogP contribution in [0, 0.1) is 5.82 Å². The highest BCUT2D eigenvalue weighted by Crippen LogP contribution is 2.26. The van der Waals surface area contributed by atoms with Crippen LogP contribution in [0.5, 0.6) is 0 Å². The molecule has 0 fully saturated rings. The van der Waals surface area contributed by atoms with Gasteiger partial charge in [0.05, 0.1) is 5.56 Å². The Labute approximate surface area is 104 Å². The smallest absolute Gasteiger partial charge is 0.338 e. The Kier molecular flexibility index (Phi) is 2.93. The summed E-state index contributed by atoms with van der Waals surface area (Å²) < 4.78 is 15.5. The second kappa shape index (κ2) is 4.25. The van der Waals surface area contributed by atoms with Crippen molar-refractivity contribution in [2.45, 2.75) is 0 Å². The molecule has 2 aromatic rings. The minimum absolute atomic E-state index is 0.361. The largest absolute Gasteiger partial charge is 0.478 e. The van der Waals surface area contributed by atoms with Gasteiger partial charge < -0.3 is 5.11 Å². The van der Waals surface area contributed by atoms with Crippen LogP contribution in [0.4, 0.5) is 4.39 Å². The summed E-state index contributed by atoms with van der Waals surface area (Å²) in [6, 6.07) is 3.87. The van der Waals surface area contributed by atoms with E-state index >= 15 is 0 Å². The van der Waals surface area contributed by atoms with Gasteiger partial charge in [-0.1, -0.05) is 11.3 Å². The van der Waals surface area contributed by atoms with Gasteiger partial charge >= 0.3 is 5.97 Å². The Balaban J connectivity index is 2.56. The minimum Gasteiger partial charge on any atom is -0.478 e. The van der Waals surface area contributed by atoms with Crippen molar-refractivity contribution in [1.82, 2.24) is 15.0 Å². The average Bonchev–Trinajstić information content (AvgIpc) is 2.58. The molecular formula is C10H7BrFN3O2. The van der Waals surface area contributed by atoms with Gasteiger partial charge in [-0.3, -0.25) is 0 Å². The molecule has 7 heteroatoms. The monoisotopic (exact) mass is 299 g/mol. The summed E-state index contributed by atoms with van der Waals surface area (Å²) in [7, 11) is 1.66. The number of hydrogen-bond donors (Lipinski definition) is 1. The number of nitrogens with zero attached hydrogens (tertiary/aromatic N) is 3. The normalized spacial score (nSPS) is 10.5. The highest BCUT2D eigenvalue weighted by atomic mass is 79.9. The van der Waals surface area contributed by atoms with E-state index in [1.165, 1.54) is 16.8 Å². The highest BCUT2D eigenvalue weighted by Gasteiger charge is 2.15. The quantitative estimate of drug-likeness (QED) is 0.922. The van der Waals surface area contributed by atoms with E-state index in [4.69, 9.17) is 5.11 Å². The third kappa shape index (κ3) is 2.05. The summed E-state index contributed by atoms with van der Waals surface area (Å²) in [6.45, 7) is 0. The van der Waals surface area contributed by atoms with Gasteiger partial charge in [0.1, 0.15) is 11.5 Å². The fourth-order valence-corrected chi connectivity index (χ4v) is 2.03. The van der Waals surface area contributed by atoms with Crippen LogP contribution in [-0.4, -0.2) is 26.1 Å². The second-order valence-corrected chi connectivity index (χ2v) is 4.10. The van der Waals surface area contributed by atoms with Crippen LogP contribution in [0.25, 0.3) is 11.3 Å². The first-order valence-electron chi connectivity index (χ1n) is 4.59. The lowest BCUT2D eigenvalue weighted by Crippen LogP contribution is -2.01. The van der Waals surface area contributed by atoms with Gasteiger partial charge in [-0.15, -0.1) is 5.10 Å². The molecule has 88 valence electrons. The molecule has 0 aliphatic rings. The molecule has 5 nitrogen and oxygen atoms in total. The van der Waals surface area contributed by atoms with E-state index in [1.807, 2.05) is 0 Å². The van der Waals surface area contributed by atoms with Crippen molar-refractivity contribution in [3.8, 4) is 11.3 Å². The maximum Gasteiger partial charge on any atom is 0.338 e. The number of aromatic carboxylic acids is 1. The lowest BCUT2D eigenvalue weighted by molar-refractivity contribution is 0.0692. The molecular weight excluding hydrogens is 293 g/mol. The Hall–Kier alpha value is -1.76. The average molecular weight is 300 g/mol. The Morgan fingerprint density at radius 3 is 2.71 bits per heavy atom. The minimum atomic E-state index is -1.30. The maximum absolute atomic E-state index is 13.5. The summed E-state index contributed by atoms with van der Waals surface area (Å²) in [5.74, 6) is -2.08. The van der Waals surface area contributed by atoms with Crippen LogP contribution in [0.2, 0.25) is 0 Å². The van der Waals surface area contributed by atoms with Crippen molar-refractivity contribution in [2.75, 3.05) is 0 Å². The zero-order chi connectivity index (χ0) is 12.6. The number of aryl methyl sites for hydroxylation is 1. The molecule has 2 rings (SSSR count). The molecule has 0 radical (unpaired) electrons. The van der Waals surface area contributed by atoms with E-state index in [2.05, 4.69) is 26.2 Å². The van der Waals surface area contributed by atoms with Crippen molar-refractivity contribution < 1.29 is 14.3 Å². The number of rotatable bonds is 2. The van der Waals surface area contributed by atoms with Crippen LogP contribution in [0.15, 0.2) is 22.8 Å². The molecule has 17 heavy (non-hydrogen) atoms. The first kappa shape index (κ1) is 11.7. The molecule has 1 aromatic carbocycles. The Bertz CT molecular complexity index is 578. The van der Waals surface area contributed by atoms with Gasteiger partial charge in [0.2, 0.25) is 0 Å². The highest BCUT2D eigenvalue weighted by molar-refractivity contribution is 9.10. The standard InChI is InChI=1S/C10H7BrFN3O2/c1-15-8(9(11)13-14-15)5-2-3-6(10(16)17)7(12)4-5/h2-4H,1H3,(H,16,17). The van der Waals surface area contributed by atoms with Crippen LogP contribution >= 0.6 is 15.9 Å². The summed E-state index contributed by atoms with van der Waals surface area (Å²) in [4.78, 5) is 10.7. The van der Waals surface area contributed by atoms with Gasteiger partial charge in [-0.05, 0) is 28.1 Å². The molecule has 0 spiro atoms. The third-order valence-corrected chi connectivity index (χ3v) is 2.79. The predicted octanol–water partition coefficient (Wildman–Crippen LogP) is 2.08. The van der Waals surface area contributed by atoms with E-state index in [9.17, 15) is 9.18 Å². The first-order valence-corrected chi connectivity index (χ1v) is 5.38. The van der Waals surface area contributed by atoms with E-state index < -0.39 is 11.8 Å². The molecule has 0 aliphatic carbocycles. The number of carbonyl (C=O) groups is 1. The topological polar surface area (TPSA) is 68.0 Å². The maximum atomic E-state index is 13.5. The zero-order valence-electron chi connectivity index (χ0n) is 8.69. The van der Waals surface area contributed by atoms with E-state index in [0.717, 1.165) is 6.07 Å². The fraction of sp³-hybridized carbons (Fsp3) is 0.100. The number of hydrogen-bond acceptors (Lipinski definition) is 3. The van der Waals surface area contributed by atoms with Gasteiger partial charge in [-0.2, -0.15) is 0 Å². The summed E-state index contributed by atoms with van der Waals surface area (Å²) in [6.07, 6.45) is 0. The molecule has 1 N–H and O–H groups in total. The number of carboxylic acid groups (broad SMARTS) is 1. The number of carboxylic acids is 1. The molecule has 0 atom stereocenters. The van der Waals surface area contributed by atoms with Crippen LogP contribution in [0.3, 0.4) is 0 Å². The number of halogens is 2. The fourth-order valence-electron chi connectivity index (χ4n) is 1.47. The molecule has 0 aliphatic heterocycles. The van der Waals surface area contributed by atoms with Gasteiger partial charge in [0.15, 0.2) is 4.60 Å². The Morgan fingerprint density at radius 1 is 1.53 bits per heavy atom. The number of aromatic nitrogens is 3. The molecule has 0 saturated carbocycles. The van der Waals surface area contributed by atoms with Gasteiger partial charge in [-0.25, -0.2) is 13.9 Å². The van der Waals surface area contributed by atoms with Crippen molar-refractivity contribution in [2.24, 2.45) is 7.05 Å². The van der Waals surface area contributed by atoms with Crippen LogP contribution in [0.1, 0.15) is 10.4 Å². The lowest BCUT2D eigenvalue weighted by Gasteiger charge is -2.03. The molecule has 0 saturated heterocycles. The summed E-state index contributed by atoms with van der Waals surface area (Å²) in [5, 5.41) is 16.2. The van der Waals surface area contributed by atoms with Crippen molar-refractivity contribution in [3.05, 3.63) is 34.2 Å². The van der Waals surface area contributed by atoms with Crippen LogP contribution in [-0.2, 0) is 7.05 Å². The van der Waals surface area contributed by atoms with E-state index in [1.54, 1.807) is 7.05 Å². The SMILES string of the molecule is Cn1nnc(Br)c1-c1ccc(C(=O)O)c(F)c1. The molecule has 0 unspecified atom stereocenters. The van der Waals surface area contributed by atoms with E-state index in [0.29, 0.717) is 15.9 Å². The Morgan fingerprint density at radius 2 is 2.24 bits per heavy atom. The molecule has 0 bridgehead atoms. The van der Waals surface area contributed by atoms with Crippen molar-refractivity contribution in [1.29, 1.82) is 0 Å². The first-order chi connectivity index (χ1) is 8.00. The second-order valence-electron chi connectivity index (χ2n) is 3.35. The van der Waals surface area contributed by atoms with Gasteiger partial charge in [0.25, 0.3) is 0 Å². The summed E-state index contributed by atoms with van der Waals surface area (Å²) >= 11 is 3.19. The number of benzene rings is 1. The predicted molar refractivity (Wildman–Crippen MR) is 61.1 cm³/mol. The molecule has 1 heterocycles. The summed E-state index contributed by atoms with van der Waals surface area (Å²) in [5.41, 5.74) is 0.729. The van der Waals surface area contributed by atoms with Gasteiger partial charge in [0, 0.05) is 12.6 Å². The zero-order valence-corrected chi connectivity index (χ0v) is 10.3. The van der Waals surface area contributed by atoms with Crippen LogP contribution < -0.4 is 0 Å². The third-order valence-electron chi connectivity index (χ3n) is 2.26.